The number of nitrogens with zero attached hydrogens (tertiary/aromatic N) is 1. The number of ether oxygens (including phenoxy) is 1. The van der Waals surface area contributed by atoms with Crippen LogP contribution in [0.25, 0.3) is 0 Å². The summed E-state index contributed by atoms with van der Waals surface area (Å²) in [7, 11) is 1.67. The molecule has 1 aliphatic heterocycles. The Morgan fingerprint density at radius 2 is 1.81 bits per heavy atom. The normalized spacial score (nSPS) is 29.7. The molecule has 1 N–H and O–H groups in total. The van der Waals surface area contributed by atoms with Gasteiger partial charge >= 0.3 is 0 Å². The number of methoxy groups -OCH3 is 1. The Labute approximate surface area is 126 Å². The van der Waals surface area contributed by atoms with Crippen molar-refractivity contribution < 1.29 is 9.53 Å². The molecule has 0 bridgehead atoms. The van der Waals surface area contributed by atoms with Crippen molar-refractivity contribution in [2.75, 3.05) is 13.7 Å². The molecule has 1 aliphatic carbocycles. The van der Waals surface area contributed by atoms with Crippen LogP contribution in [-0.2, 0) is 4.79 Å². The summed E-state index contributed by atoms with van der Waals surface area (Å²) in [5.41, 5.74) is 1.14. The van der Waals surface area contributed by atoms with Crippen molar-refractivity contribution in [2.24, 2.45) is 5.92 Å². The molecule has 4 heteroatoms. The van der Waals surface area contributed by atoms with E-state index in [1.807, 2.05) is 24.3 Å². The number of benzene rings is 1. The third kappa shape index (κ3) is 2.91. The van der Waals surface area contributed by atoms with Crippen molar-refractivity contribution in [2.45, 2.75) is 44.8 Å². The minimum Gasteiger partial charge on any atom is -0.497 e. The first-order valence-electron chi connectivity index (χ1n) is 7.87. The maximum absolute atomic E-state index is 12.3. The Morgan fingerprint density at radius 1 is 1.14 bits per heavy atom. The maximum Gasteiger partial charge on any atom is 0.238 e. The predicted octanol–water partition coefficient (Wildman–Crippen LogP) is 2.70. The standard InChI is InChI=1S/C17H24N2O2/c1-12-3-7-14(8-4-12)19-16(20)11-18-17(19)13-5-9-15(21-2)10-6-13/h5-6,9-10,12,14,17-18H,3-4,7-8,11H2,1-2H3. The molecule has 1 amide bonds. The van der Waals surface area contributed by atoms with Crippen molar-refractivity contribution in [1.82, 2.24) is 10.2 Å². The first-order valence-corrected chi connectivity index (χ1v) is 7.87. The van der Waals surface area contributed by atoms with E-state index in [1.54, 1.807) is 7.11 Å². The fraction of sp³-hybridized carbons (Fsp3) is 0.588. The van der Waals surface area contributed by atoms with Crippen LogP contribution in [0, 0.1) is 5.92 Å². The summed E-state index contributed by atoms with van der Waals surface area (Å²) in [6.07, 6.45) is 4.72. The zero-order valence-electron chi connectivity index (χ0n) is 12.8. The monoisotopic (exact) mass is 288 g/mol. The number of rotatable bonds is 3. The highest BCUT2D eigenvalue weighted by atomic mass is 16.5. The van der Waals surface area contributed by atoms with E-state index < -0.39 is 0 Å². The molecule has 1 aromatic rings. The van der Waals surface area contributed by atoms with E-state index in [0.717, 1.165) is 30.1 Å². The van der Waals surface area contributed by atoms with Crippen LogP contribution in [0.4, 0.5) is 0 Å². The van der Waals surface area contributed by atoms with Gasteiger partial charge in [-0.15, -0.1) is 0 Å². The lowest BCUT2D eigenvalue weighted by Gasteiger charge is -2.37. The van der Waals surface area contributed by atoms with Gasteiger partial charge in [0.2, 0.25) is 5.91 Å². The highest BCUT2D eigenvalue weighted by Gasteiger charge is 2.37. The van der Waals surface area contributed by atoms with Crippen molar-refractivity contribution in [3.05, 3.63) is 29.8 Å². The molecule has 2 fully saturated rings. The molecular weight excluding hydrogens is 264 g/mol. The van der Waals surface area contributed by atoms with E-state index in [9.17, 15) is 4.79 Å². The molecule has 1 aromatic carbocycles. The van der Waals surface area contributed by atoms with Gasteiger partial charge in [0, 0.05) is 6.04 Å². The summed E-state index contributed by atoms with van der Waals surface area (Å²) in [6.45, 7) is 2.75. The molecule has 21 heavy (non-hydrogen) atoms. The Bertz CT molecular complexity index is 492. The molecule has 1 saturated carbocycles. The molecule has 1 saturated heterocycles. The van der Waals surface area contributed by atoms with Crippen molar-refractivity contribution in [1.29, 1.82) is 0 Å². The zero-order valence-corrected chi connectivity index (χ0v) is 12.8. The van der Waals surface area contributed by atoms with Crippen LogP contribution in [0.2, 0.25) is 0 Å². The molecule has 1 unspecified atom stereocenters. The largest absolute Gasteiger partial charge is 0.497 e. The van der Waals surface area contributed by atoms with Crippen LogP contribution < -0.4 is 10.1 Å². The van der Waals surface area contributed by atoms with Crippen LogP contribution in [0.5, 0.6) is 5.75 Å². The van der Waals surface area contributed by atoms with Crippen LogP contribution in [0.1, 0.15) is 44.3 Å². The van der Waals surface area contributed by atoms with E-state index in [1.165, 1.54) is 12.8 Å². The van der Waals surface area contributed by atoms with Crippen molar-refractivity contribution in [3.8, 4) is 5.75 Å². The van der Waals surface area contributed by atoms with Crippen LogP contribution in [-0.4, -0.2) is 30.5 Å². The van der Waals surface area contributed by atoms with E-state index >= 15 is 0 Å². The van der Waals surface area contributed by atoms with E-state index in [-0.39, 0.29) is 12.1 Å². The Hall–Kier alpha value is -1.55. The maximum atomic E-state index is 12.3. The second-order valence-electron chi connectivity index (χ2n) is 6.27. The number of carbonyl (C=O) groups excluding carboxylic acids is 1. The minimum absolute atomic E-state index is 0.0156. The van der Waals surface area contributed by atoms with Crippen LogP contribution in [0.15, 0.2) is 24.3 Å². The number of amides is 1. The fourth-order valence-electron chi connectivity index (χ4n) is 3.52. The lowest BCUT2D eigenvalue weighted by molar-refractivity contribution is -0.131. The second-order valence-corrected chi connectivity index (χ2v) is 6.27. The molecule has 2 aliphatic rings. The van der Waals surface area contributed by atoms with Gasteiger partial charge in [-0.25, -0.2) is 0 Å². The highest BCUT2D eigenvalue weighted by Crippen LogP contribution is 2.34. The molecule has 0 aromatic heterocycles. The molecule has 3 rings (SSSR count). The average molecular weight is 288 g/mol. The van der Waals surface area contributed by atoms with Gasteiger partial charge in [-0.3, -0.25) is 10.1 Å². The average Bonchev–Trinajstić information content (AvgIpc) is 2.90. The number of nitrogens with one attached hydrogen (secondary N) is 1. The number of hydrogen-bond acceptors (Lipinski definition) is 3. The highest BCUT2D eigenvalue weighted by molar-refractivity contribution is 5.81. The summed E-state index contributed by atoms with van der Waals surface area (Å²) in [6, 6.07) is 8.40. The summed E-state index contributed by atoms with van der Waals surface area (Å²) in [4.78, 5) is 14.4. The smallest absolute Gasteiger partial charge is 0.238 e. The molecule has 1 atom stereocenters. The molecule has 4 nitrogen and oxygen atoms in total. The predicted molar refractivity (Wildman–Crippen MR) is 82.0 cm³/mol. The van der Waals surface area contributed by atoms with Gasteiger partial charge in [0.15, 0.2) is 0 Å². The van der Waals surface area contributed by atoms with Crippen molar-refractivity contribution >= 4 is 5.91 Å². The van der Waals surface area contributed by atoms with Gasteiger partial charge in [0.1, 0.15) is 11.9 Å². The summed E-state index contributed by atoms with van der Waals surface area (Å²) < 4.78 is 5.21. The van der Waals surface area contributed by atoms with Crippen LogP contribution >= 0.6 is 0 Å². The third-order valence-electron chi connectivity index (χ3n) is 4.82. The van der Waals surface area contributed by atoms with E-state index in [2.05, 4.69) is 17.1 Å². The van der Waals surface area contributed by atoms with Gasteiger partial charge in [-0.2, -0.15) is 0 Å². The SMILES string of the molecule is COc1ccc(C2NCC(=O)N2C2CCC(C)CC2)cc1. The first-order chi connectivity index (χ1) is 10.2. The molecule has 1 heterocycles. The Kier molecular flexibility index (Phi) is 4.15. The number of carbonyl (C=O) groups is 1. The van der Waals surface area contributed by atoms with Gasteiger partial charge in [-0.1, -0.05) is 19.1 Å². The van der Waals surface area contributed by atoms with Crippen molar-refractivity contribution in [3.63, 3.8) is 0 Å². The van der Waals surface area contributed by atoms with Gasteiger partial charge in [-0.05, 0) is 49.3 Å². The third-order valence-corrected chi connectivity index (χ3v) is 4.82. The van der Waals surface area contributed by atoms with Gasteiger partial charge in [0.25, 0.3) is 0 Å². The van der Waals surface area contributed by atoms with Crippen LogP contribution in [0.3, 0.4) is 0 Å². The second kappa shape index (κ2) is 6.06. The topological polar surface area (TPSA) is 41.6 Å². The Balaban J connectivity index is 1.78. The zero-order chi connectivity index (χ0) is 14.8. The van der Waals surface area contributed by atoms with Gasteiger partial charge < -0.3 is 9.64 Å². The van der Waals surface area contributed by atoms with E-state index in [4.69, 9.17) is 4.74 Å². The summed E-state index contributed by atoms with van der Waals surface area (Å²) in [5.74, 6) is 1.88. The molecule has 114 valence electrons. The molecule has 0 spiro atoms. The lowest BCUT2D eigenvalue weighted by Crippen LogP contribution is -2.41. The Morgan fingerprint density at radius 3 is 2.43 bits per heavy atom. The summed E-state index contributed by atoms with van der Waals surface area (Å²) >= 11 is 0. The fourth-order valence-corrected chi connectivity index (χ4v) is 3.52. The van der Waals surface area contributed by atoms with E-state index in [0.29, 0.717) is 12.6 Å². The quantitative estimate of drug-likeness (QED) is 0.930. The lowest BCUT2D eigenvalue weighted by atomic mass is 9.86. The molecule has 0 radical (unpaired) electrons. The first kappa shape index (κ1) is 14.4. The minimum atomic E-state index is 0.0156. The summed E-state index contributed by atoms with van der Waals surface area (Å²) in [5, 5.41) is 3.35. The molecular formula is C17H24N2O2. The number of hydrogen-bond donors (Lipinski definition) is 1. The van der Waals surface area contributed by atoms with Gasteiger partial charge in [0.05, 0.1) is 13.7 Å².